The first-order valence-electron chi connectivity index (χ1n) is 13.8. The van der Waals surface area contributed by atoms with Gasteiger partial charge in [0.05, 0.1) is 28.1 Å². The second-order valence-corrected chi connectivity index (χ2v) is 10.5. The van der Waals surface area contributed by atoms with E-state index < -0.39 is 36.4 Å². The van der Waals surface area contributed by atoms with Gasteiger partial charge in [0.15, 0.2) is 12.4 Å². The monoisotopic (exact) mass is 625 g/mol. The van der Waals surface area contributed by atoms with Crippen LogP contribution in [0.5, 0.6) is 0 Å². The molecule has 3 aromatic rings. The maximum Gasteiger partial charge on any atom is 0.341 e. The van der Waals surface area contributed by atoms with E-state index in [-0.39, 0.29) is 40.8 Å². The van der Waals surface area contributed by atoms with Crippen LogP contribution in [0.3, 0.4) is 0 Å². The molecular weight excluding hydrogens is 593 g/mol. The zero-order chi connectivity index (χ0) is 31.2. The van der Waals surface area contributed by atoms with E-state index in [1.54, 1.807) is 6.07 Å². The Hall–Kier alpha value is -4.05. The summed E-state index contributed by atoms with van der Waals surface area (Å²) < 4.78 is 5.07. The van der Waals surface area contributed by atoms with E-state index in [1.165, 1.54) is 12.1 Å². The highest BCUT2D eigenvalue weighted by atomic mass is 35.5. The first-order chi connectivity index (χ1) is 20.7. The largest absolute Gasteiger partial charge is 0.454 e. The minimum absolute atomic E-state index is 0.0169. The Morgan fingerprint density at radius 1 is 0.837 bits per heavy atom. The molecule has 0 aliphatic carbocycles. The van der Waals surface area contributed by atoms with Crippen LogP contribution in [0, 0.1) is 0 Å². The predicted octanol–water partition coefficient (Wildman–Crippen LogP) is 4.32. The van der Waals surface area contributed by atoms with Gasteiger partial charge in [0, 0.05) is 6.42 Å². The number of ether oxygens (including phenoxy) is 1. The summed E-state index contributed by atoms with van der Waals surface area (Å²) in [6.07, 6.45) is 1.55. The van der Waals surface area contributed by atoms with Gasteiger partial charge in [-0.3, -0.25) is 14.4 Å². The number of ketones is 1. The number of hydrogen-bond acceptors (Lipinski definition) is 7. The molecule has 0 spiro atoms. The van der Waals surface area contributed by atoms with Gasteiger partial charge >= 0.3 is 5.97 Å². The Bertz CT molecular complexity index is 1410. The third-order valence-corrected chi connectivity index (χ3v) is 7.23. The SMILES string of the molecule is NCCCC[C@H](NC(=O)Cc1ccccc1-c1ccccc1)C(=O)N[C@@H](CC=O)C(=O)COC(=O)c1c(Cl)cccc1Cl. The minimum Gasteiger partial charge on any atom is -0.454 e. The Labute approximate surface area is 260 Å². The van der Waals surface area contributed by atoms with Gasteiger partial charge in [-0.05, 0) is 54.6 Å². The molecule has 2 amide bonds. The van der Waals surface area contributed by atoms with E-state index in [1.807, 2.05) is 54.6 Å². The van der Waals surface area contributed by atoms with Gasteiger partial charge in [-0.15, -0.1) is 0 Å². The molecular formula is C32H33Cl2N3O6. The molecule has 43 heavy (non-hydrogen) atoms. The fraction of sp³-hybridized carbons (Fsp3) is 0.281. The number of carbonyl (C=O) groups is 5. The smallest absolute Gasteiger partial charge is 0.341 e. The third kappa shape index (κ3) is 10.0. The van der Waals surface area contributed by atoms with Gasteiger partial charge in [0.1, 0.15) is 12.3 Å². The van der Waals surface area contributed by atoms with E-state index in [0.29, 0.717) is 25.7 Å². The average Bonchev–Trinajstić information content (AvgIpc) is 2.99. The van der Waals surface area contributed by atoms with Crippen molar-refractivity contribution >= 4 is 53.1 Å². The summed E-state index contributed by atoms with van der Waals surface area (Å²) in [4.78, 5) is 63.1. The molecule has 0 aliphatic rings. The van der Waals surface area contributed by atoms with Crippen molar-refractivity contribution in [3.8, 4) is 11.1 Å². The van der Waals surface area contributed by atoms with E-state index in [2.05, 4.69) is 10.6 Å². The van der Waals surface area contributed by atoms with Crippen molar-refractivity contribution in [3.63, 3.8) is 0 Å². The number of esters is 1. The molecule has 0 aromatic heterocycles. The Kier molecular flexibility index (Phi) is 13.3. The molecule has 0 saturated heterocycles. The second-order valence-electron chi connectivity index (χ2n) is 9.71. The number of carbonyl (C=O) groups excluding carboxylic acids is 5. The van der Waals surface area contributed by atoms with Crippen LogP contribution in [0.1, 0.15) is 41.6 Å². The molecule has 0 radical (unpaired) electrons. The molecule has 0 saturated carbocycles. The lowest BCUT2D eigenvalue weighted by atomic mass is 9.97. The number of Topliss-reactive ketones (excluding diaryl/α,β-unsaturated/α-hetero) is 1. The number of amides is 2. The van der Waals surface area contributed by atoms with Gasteiger partial charge in [-0.2, -0.15) is 0 Å². The molecule has 11 heteroatoms. The lowest BCUT2D eigenvalue weighted by Gasteiger charge is -2.22. The molecule has 0 bridgehead atoms. The zero-order valence-corrected chi connectivity index (χ0v) is 24.9. The zero-order valence-electron chi connectivity index (χ0n) is 23.4. The highest BCUT2D eigenvalue weighted by molar-refractivity contribution is 6.39. The van der Waals surface area contributed by atoms with Crippen LogP contribution in [0.25, 0.3) is 11.1 Å². The van der Waals surface area contributed by atoms with Crippen LogP contribution in [0.15, 0.2) is 72.8 Å². The van der Waals surface area contributed by atoms with Gasteiger partial charge < -0.3 is 25.9 Å². The van der Waals surface area contributed by atoms with E-state index in [4.69, 9.17) is 33.7 Å². The second kappa shape index (κ2) is 17.2. The van der Waals surface area contributed by atoms with E-state index >= 15 is 0 Å². The predicted molar refractivity (Wildman–Crippen MR) is 165 cm³/mol. The molecule has 0 heterocycles. The minimum atomic E-state index is -1.28. The molecule has 3 rings (SSSR count). The highest BCUT2D eigenvalue weighted by Gasteiger charge is 2.28. The molecule has 4 N–H and O–H groups in total. The summed E-state index contributed by atoms with van der Waals surface area (Å²) in [7, 11) is 0. The fourth-order valence-electron chi connectivity index (χ4n) is 4.40. The van der Waals surface area contributed by atoms with Gasteiger partial charge in [0.2, 0.25) is 11.8 Å². The average molecular weight is 627 g/mol. The number of halogens is 2. The maximum absolute atomic E-state index is 13.3. The molecule has 0 aliphatic heterocycles. The number of aldehydes is 1. The van der Waals surface area contributed by atoms with Crippen molar-refractivity contribution in [2.45, 2.75) is 44.2 Å². The van der Waals surface area contributed by atoms with E-state index in [9.17, 15) is 24.0 Å². The Morgan fingerprint density at radius 3 is 2.19 bits per heavy atom. The highest BCUT2D eigenvalue weighted by Crippen LogP contribution is 2.25. The van der Waals surface area contributed by atoms with Crippen molar-refractivity contribution in [1.82, 2.24) is 10.6 Å². The fourth-order valence-corrected chi connectivity index (χ4v) is 4.95. The standard InChI is InChI=1S/C32H33Cl2N3O6/c33-24-13-8-14-25(34)30(24)32(42)43-20-28(39)26(16-18-38)37-31(41)27(15-6-7-17-35)36-29(40)19-22-11-4-5-12-23(22)21-9-2-1-3-10-21/h1-5,8-14,18,26-27H,6-7,15-17,19-20,35H2,(H,36,40)(H,37,41)/t26-,27-/m0/s1. The molecule has 0 unspecified atom stereocenters. The number of hydrogen-bond donors (Lipinski definition) is 3. The number of unbranched alkanes of at least 4 members (excludes halogenated alkanes) is 1. The van der Waals surface area contributed by atoms with Crippen LogP contribution in [-0.2, 0) is 30.3 Å². The van der Waals surface area contributed by atoms with Gasteiger partial charge in [-0.25, -0.2) is 4.79 Å². The summed E-state index contributed by atoms with van der Waals surface area (Å²) in [6.45, 7) is -0.334. The van der Waals surface area contributed by atoms with Crippen LogP contribution >= 0.6 is 23.2 Å². The molecule has 3 aromatic carbocycles. The van der Waals surface area contributed by atoms with Crippen molar-refractivity contribution < 1.29 is 28.7 Å². The Balaban J connectivity index is 1.68. The van der Waals surface area contributed by atoms with Crippen molar-refractivity contribution in [2.24, 2.45) is 5.73 Å². The molecule has 9 nitrogen and oxygen atoms in total. The van der Waals surface area contributed by atoms with E-state index in [0.717, 1.165) is 16.7 Å². The normalized spacial score (nSPS) is 12.1. The first kappa shape index (κ1) is 33.5. The number of nitrogens with two attached hydrogens (primary N) is 1. The molecule has 226 valence electrons. The quantitative estimate of drug-likeness (QED) is 0.122. The molecule has 2 atom stereocenters. The number of nitrogens with one attached hydrogen (secondary N) is 2. The lowest BCUT2D eigenvalue weighted by Crippen LogP contribution is -2.52. The maximum atomic E-state index is 13.3. The van der Waals surface area contributed by atoms with Crippen molar-refractivity contribution in [2.75, 3.05) is 13.2 Å². The van der Waals surface area contributed by atoms with Crippen LogP contribution < -0.4 is 16.4 Å². The summed E-state index contributed by atoms with van der Waals surface area (Å²) >= 11 is 12.0. The van der Waals surface area contributed by atoms with Crippen molar-refractivity contribution in [3.05, 3.63) is 94.0 Å². The van der Waals surface area contributed by atoms with Crippen LogP contribution in [0.2, 0.25) is 10.0 Å². The topological polar surface area (TPSA) is 145 Å². The van der Waals surface area contributed by atoms with Crippen molar-refractivity contribution in [1.29, 1.82) is 0 Å². The lowest BCUT2D eigenvalue weighted by molar-refractivity contribution is -0.133. The van der Waals surface area contributed by atoms with Gasteiger partial charge in [0.25, 0.3) is 0 Å². The number of benzene rings is 3. The summed E-state index contributed by atoms with van der Waals surface area (Å²) in [6, 6.07) is 19.3. The van der Waals surface area contributed by atoms with Crippen LogP contribution in [0.4, 0.5) is 0 Å². The Morgan fingerprint density at radius 2 is 1.51 bits per heavy atom. The summed E-state index contributed by atoms with van der Waals surface area (Å²) in [5.41, 5.74) is 8.14. The number of rotatable bonds is 16. The first-order valence-corrected chi connectivity index (χ1v) is 14.5. The summed E-state index contributed by atoms with van der Waals surface area (Å²) in [5, 5.41) is 5.39. The molecule has 0 fully saturated rings. The van der Waals surface area contributed by atoms with Crippen LogP contribution in [-0.4, -0.2) is 55.1 Å². The van der Waals surface area contributed by atoms with Gasteiger partial charge in [-0.1, -0.05) is 83.9 Å². The third-order valence-electron chi connectivity index (χ3n) is 6.60. The summed E-state index contributed by atoms with van der Waals surface area (Å²) in [5.74, 6) is -2.69.